The number of esters is 1. The minimum atomic E-state index is -0.555. The van der Waals surface area contributed by atoms with Gasteiger partial charge in [-0.2, -0.15) is 0 Å². The van der Waals surface area contributed by atoms with Crippen molar-refractivity contribution in [3.8, 4) is 0 Å². The molecule has 0 unspecified atom stereocenters. The summed E-state index contributed by atoms with van der Waals surface area (Å²) >= 11 is 0. The van der Waals surface area contributed by atoms with Crippen LogP contribution in [0.1, 0.15) is 19.8 Å². The van der Waals surface area contributed by atoms with E-state index >= 15 is 0 Å². The number of amides is 1. The predicted octanol–water partition coefficient (Wildman–Crippen LogP) is -0.502. The second-order valence-electron chi connectivity index (χ2n) is 3.50. The van der Waals surface area contributed by atoms with E-state index in [4.69, 9.17) is 5.73 Å². The average molecular weight is 200 g/mol. The van der Waals surface area contributed by atoms with Crippen molar-refractivity contribution in [3.63, 3.8) is 0 Å². The van der Waals surface area contributed by atoms with Gasteiger partial charge in [-0.15, -0.1) is 0 Å². The molecule has 0 aliphatic carbocycles. The van der Waals surface area contributed by atoms with Gasteiger partial charge >= 0.3 is 5.97 Å². The molecule has 2 atom stereocenters. The molecule has 0 radical (unpaired) electrons. The van der Waals surface area contributed by atoms with Gasteiger partial charge in [0.25, 0.3) is 0 Å². The number of carbonyl (C=O) groups excluding carboxylic acids is 2. The SMILES string of the molecule is COC(=O)[C@H]1CCCN1C(=O)[C@@H](C)N. The quantitative estimate of drug-likeness (QED) is 0.610. The second-order valence-corrected chi connectivity index (χ2v) is 3.50. The van der Waals surface area contributed by atoms with E-state index in [9.17, 15) is 9.59 Å². The number of nitrogens with zero attached hydrogens (tertiary/aromatic N) is 1. The van der Waals surface area contributed by atoms with Crippen molar-refractivity contribution in [1.82, 2.24) is 4.90 Å². The number of ether oxygens (including phenoxy) is 1. The molecule has 0 aromatic rings. The largest absolute Gasteiger partial charge is 0.467 e. The van der Waals surface area contributed by atoms with E-state index in [1.165, 1.54) is 12.0 Å². The summed E-state index contributed by atoms with van der Waals surface area (Å²) in [5.74, 6) is -0.533. The molecule has 14 heavy (non-hydrogen) atoms. The maximum Gasteiger partial charge on any atom is 0.328 e. The fourth-order valence-electron chi connectivity index (χ4n) is 1.67. The van der Waals surface area contributed by atoms with Gasteiger partial charge in [-0.05, 0) is 19.8 Å². The standard InChI is InChI=1S/C9H16N2O3/c1-6(10)8(12)11-5-3-4-7(11)9(13)14-2/h6-7H,3-5,10H2,1-2H3/t6-,7-/m1/s1. The van der Waals surface area contributed by atoms with Gasteiger partial charge < -0.3 is 15.4 Å². The minimum Gasteiger partial charge on any atom is -0.467 e. The molecule has 1 aliphatic rings. The van der Waals surface area contributed by atoms with Crippen molar-refractivity contribution in [2.45, 2.75) is 31.8 Å². The summed E-state index contributed by atoms with van der Waals surface area (Å²) in [6.45, 7) is 2.22. The summed E-state index contributed by atoms with van der Waals surface area (Å²) in [4.78, 5) is 24.4. The number of likely N-dealkylation sites (tertiary alicyclic amines) is 1. The Morgan fingerprint density at radius 3 is 2.71 bits per heavy atom. The molecule has 0 bridgehead atoms. The number of methoxy groups -OCH3 is 1. The number of hydrogen-bond acceptors (Lipinski definition) is 4. The van der Waals surface area contributed by atoms with E-state index in [0.717, 1.165) is 6.42 Å². The van der Waals surface area contributed by atoms with Gasteiger partial charge in [0.15, 0.2) is 0 Å². The van der Waals surface area contributed by atoms with Crippen LogP contribution in [0.4, 0.5) is 0 Å². The Balaban J connectivity index is 2.68. The molecule has 1 heterocycles. The third-order valence-corrected chi connectivity index (χ3v) is 2.40. The van der Waals surface area contributed by atoms with Crippen LogP contribution in [0.2, 0.25) is 0 Å². The Morgan fingerprint density at radius 2 is 2.21 bits per heavy atom. The molecule has 80 valence electrons. The van der Waals surface area contributed by atoms with Crippen LogP contribution in [0.25, 0.3) is 0 Å². The Hall–Kier alpha value is -1.10. The molecule has 1 fully saturated rings. The van der Waals surface area contributed by atoms with Gasteiger partial charge in [0.05, 0.1) is 13.2 Å². The first-order valence-electron chi connectivity index (χ1n) is 4.71. The van der Waals surface area contributed by atoms with Crippen LogP contribution in [0.15, 0.2) is 0 Å². The second kappa shape index (κ2) is 4.41. The lowest BCUT2D eigenvalue weighted by Crippen LogP contribution is -2.47. The van der Waals surface area contributed by atoms with Crippen LogP contribution in [-0.2, 0) is 14.3 Å². The zero-order valence-corrected chi connectivity index (χ0v) is 8.53. The first kappa shape index (κ1) is 11.0. The van der Waals surface area contributed by atoms with E-state index in [2.05, 4.69) is 4.74 Å². The molecule has 0 spiro atoms. The highest BCUT2D eigenvalue weighted by Gasteiger charge is 2.35. The van der Waals surface area contributed by atoms with Crippen molar-refractivity contribution in [1.29, 1.82) is 0 Å². The number of nitrogens with two attached hydrogens (primary N) is 1. The van der Waals surface area contributed by atoms with E-state index < -0.39 is 12.1 Å². The molecule has 5 heteroatoms. The van der Waals surface area contributed by atoms with E-state index in [-0.39, 0.29) is 11.9 Å². The number of rotatable bonds is 2. The highest BCUT2D eigenvalue weighted by molar-refractivity contribution is 5.87. The third kappa shape index (κ3) is 2.04. The highest BCUT2D eigenvalue weighted by Crippen LogP contribution is 2.18. The van der Waals surface area contributed by atoms with Crippen LogP contribution < -0.4 is 5.73 Å². The van der Waals surface area contributed by atoms with Crippen LogP contribution in [0.3, 0.4) is 0 Å². The summed E-state index contributed by atoms with van der Waals surface area (Å²) < 4.78 is 4.62. The van der Waals surface area contributed by atoms with Crippen molar-refractivity contribution in [3.05, 3.63) is 0 Å². The Kier molecular flexibility index (Phi) is 3.46. The molecule has 0 aromatic heterocycles. The zero-order chi connectivity index (χ0) is 10.7. The molecule has 2 N–H and O–H groups in total. The molecule has 5 nitrogen and oxygen atoms in total. The Bertz CT molecular complexity index is 240. The predicted molar refractivity (Wildman–Crippen MR) is 50.4 cm³/mol. The van der Waals surface area contributed by atoms with Crippen LogP contribution in [0.5, 0.6) is 0 Å². The number of hydrogen-bond donors (Lipinski definition) is 1. The topological polar surface area (TPSA) is 72.6 Å². The van der Waals surface area contributed by atoms with Gasteiger partial charge in [-0.1, -0.05) is 0 Å². The maximum absolute atomic E-state index is 11.6. The van der Waals surface area contributed by atoms with Gasteiger partial charge in [-0.3, -0.25) is 4.79 Å². The Morgan fingerprint density at radius 1 is 1.57 bits per heavy atom. The first-order chi connectivity index (χ1) is 6.57. The lowest BCUT2D eigenvalue weighted by atomic mass is 10.2. The van der Waals surface area contributed by atoms with Crippen LogP contribution >= 0.6 is 0 Å². The van der Waals surface area contributed by atoms with Gasteiger partial charge in [0.1, 0.15) is 6.04 Å². The molecule has 1 rings (SSSR count). The van der Waals surface area contributed by atoms with E-state index in [0.29, 0.717) is 13.0 Å². The summed E-state index contributed by atoms with van der Waals surface area (Å²) in [5.41, 5.74) is 5.48. The molecule has 1 amide bonds. The van der Waals surface area contributed by atoms with Crippen molar-refractivity contribution in [2.75, 3.05) is 13.7 Å². The average Bonchev–Trinajstić information content (AvgIpc) is 2.63. The van der Waals surface area contributed by atoms with Crippen molar-refractivity contribution < 1.29 is 14.3 Å². The fraction of sp³-hybridized carbons (Fsp3) is 0.778. The van der Waals surface area contributed by atoms with Crippen molar-refractivity contribution >= 4 is 11.9 Å². The van der Waals surface area contributed by atoms with Crippen LogP contribution in [0, 0.1) is 0 Å². The monoisotopic (exact) mass is 200 g/mol. The minimum absolute atomic E-state index is 0.182. The van der Waals surface area contributed by atoms with E-state index in [1.807, 2.05) is 0 Å². The Labute approximate surface area is 83.2 Å². The summed E-state index contributed by atoms with van der Waals surface area (Å²) in [7, 11) is 1.33. The lowest BCUT2D eigenvalue weighted by Gasteiger charge is -2.24. The van der Waals surface area contributed by atoms with Crippen molar-refractivity contribution in [2.24, 2.45) is 5.73 Å². The van der Waals surface area contributed by atoms with Gasteiger partial charge in [0.2, 0.25) is 5.91 Å². The molecule has 1 saturated heterocycles. The molecule has 0 saturated carbocycles. The van der Waals surface area contributed by atoms with Crippen LogP contribution in [-0.4, -0.2) is 42.5 Å². The van der Waals surface area contributed by atoms with Gasteiger partial charge in [0, 0.05) is 6.54 Å². The first-order valence-corrected chi connectivity index (χ1v) is 4.71. The summed E-state index contributed by atoms with van der Waals surface area (Å²) in [6.07, 6.45) is 1.50. The normalized spacial score (nSPS) is 23.4. The lowest BCUT2D eigenvalue weighted by molar-refractivity contribution is -0.151. The number of carbonyl (C=O) groups is 2. The van der Waals surface area contributed by atoms with E-state index in [1.54, 1.807) is 6.92 Å². The summed E-state index contributed by atoms with van der Waals surface area (Å²) in [5, 5.41) is 0. The maximum atomic E-state index is 11.6. The molecule has 1 aliphatic heterocycles. The van der Waals surface area contributed by atoms with Gasteiger partial charge in [-0.25, -0.2) is 4.79 Å². The molecule has 0 aromatic carbocycles. The summed E-state index contributed by atoms with van der Waals surface area (Å²) in [6, 6.07) is -0.987. The smallest absolute Gasteiger partial charge is 0.328 e. The molecular weight excluding hydrogens is 184 g/mol. The fourth-order valence-corrected chi connectivity index (χ4v) is 1.67. The third-order valence-electron chi connectivity index (χ3n) is 2.40. The zero-order valence-electron chi connectivity index (χ0n) is 8.53. The highest BCUT2D eigenvalue weighted by atomic mass is 16.5. The molecular formula is C9H16N2O3.